The molecule has 2 atom stereocenters. The molecule has 7 nitrogen and oxygen atoms in total. The number of aromatic nitrogens is 2. The van der Waals surface area contributed by atoms with Crippen LogP contribution in [0.2, 0.25) is 0 Å². The summed E-state index contributed by atoms with van der Waals surface area (Å²) in [5.74, 6) is 0.0427. The van der Waals surface area contributed by atoms with Crippen molar-refractivity contribution in [3.8, 4) is 0 Å². The minimum absolute atomic E-state index is 0.00138. The first kappa shape index (κ1) is 24.0. The number of likely N-dealkylation sites (tertiary alicyclic amines) is 1. The monoisotopic (exact) mass is 482 g/mol. The number of amides is 2. The average molecular weight is 483 g/mol. The molecular formula is C27H35FN4O3. The Morgan fingerprint density at radius 2 is 1.80 bits per heavy atom. The highest BCUT2D eigenvalue weighted by atomic mass is 19.1. The molecule has 3 aliphatic rings. The van der Waals surface area contributed by atoms with E-state index in [1.165, 1.54) is 6.07 Å². The first-order valence-electron chi connectivity index (χ1n) is 12.9. The fourth-order valence-electron chi connectivity index (χ4n) is 6.02. The zero-order valence-corrected chi connectivity index (χ0v) is 20.9. The standard InChI is InChI=1S/C27H35FN4O3/c1-17-7-8-21(28)13-23(17)20-9-11-30(12-10-20)25(33)16-32-24-6-4-5-22(24)26(29-32)27(34)31-14-18(2)35-19(3)15-31/h7-8,13,18-20H,4-6,9-12,14-16H2,1-3H3/t18-,19+. The molecular weight excluding hydrogens is 447 g/mol. The number of morpholine rings is 1. The van der Waals surface area contributed by atoms with Crippen LogP contribution < -0.4 is 0 Å². The fourth-order valence-corrected chi connectivity index (χ4v) is 6.02. The van der Waals surface area contributed by atoms with Gasteiger partial charge in [0.1, 0.15) is 12.4 Å². The highest BCUT2D eigenvalue weighted by molar-refractivity contribution is 5.94. The molecule has 1 aliphatic carbocycles. The molecule has 8 heteroatoms. The van der Waals surface area contributed by atoms with Gasteiger partial charge in [-0.05, 0) is 82.1 Å². The van der Waals surface area contributed by atoms with E-state index in [4.69, 9.17) is 4.74 Å². The van der Waals surface area contributed by atoms with E-state index in [2.05, 4.69) is 5.10 Å². The summed E-state index contributed by atoms with van der Waals surface area (Å²) in [4.78, 5) is 30.3. The topological polar surface area (TPSA) is 67.7 Å². The van der Waals surface area contributed by atoms with Gasteiger partial charge < -0.3 is 14.5 Å². The zero-order chi connectivity index (χ0) is 24.7. The van der Waals surface area contributed by atoms with Crippen molar-refractivity contribution in [2.24, 2.45) is 0 Å². The minimum Gasteiger partial charge on any atom is -0.372 e. The maximum atomic E-state index is 13.8. The third-order valence-corrected chi connectivity index (χ3v) is 7.73. The van der Waals surface area contributed by atoms with Gasteiger partial charge in [-0.25, -0.2) is 4.39 Å². The molecule has 2 aliphatic heterocycles. The maximum Gasteiger partial charge on any atom is 0.274 e. The number of halogens is 1. The van der Waals surface area contributed by atoms with E-state index in [0.717, 1.165) is 54.5 Å². The van der Waals surface area contributed by atoms with E-state index >= 15 is 0 Å². The maximum absolute atomic E-state index is 13.8. The van der Waals surface area contributed by atoms with Crippen LogP contribution in [0.3, 0.4) is 0 Å². The van der Waals surface area contributed by atoms with Crippen LogP contribution >= 0.6 is 0 Å². The number of hydrogen-bond donors (Lipinski definition) is 0. The average Bonchev–Trinajstić information content (AvgIpc) is 3.43. The lowest BCUT2D eigenvalue weighted by atomic mass is 9.87. The molecule has 3 heterocycles. The molecule has 2 saturated heterocycles. The van der Waals surface area contributed by atoms with E-state index in [0.29, 0.717) is 31.9 Å². The van der Waals surface area contributed by atoms with Gasteiger partial charge in [0.2, 0.25) is 5.91 Å². The van der Waals surface area contributed by atoms with Crippen molar-refractivity contribution in [2.75, 3.05) is 26.2 Å². The number of aryl methyl sites for hydroxylation is 1. The molecule has 0 spiro atoms. The van der Waals surface area contributed by atoms with E-state index in [1.807, 2.05) is 36.6 Å². The summed E-state index contributed by atoms with van der Waals surface area (Å²) in [5.41, 5.74) is 4.70. The summed E-state index contributed by atoms with van der Waals surface area (Å²) in [7, 11) is 0. The Morgan fingerprint density at radius 3 is 2.51 bits per heavy atom. The number of fused-ring (bicyclic) bond motifs is 1. The zero-order valence-electron chi connectivity index (χ0n) is 20.9. The third-order valence-electron chi connectivity index (χ3n) is 7.73. The van der Waals surface area contributed by atoms with Crippen molar-refractivity contribution < 1.29 is 18.7 Å². The van der Waals surface area contributed by atoms with Gasteiger partial charge in [-0.1, -0.05) is 6.07 Å². The summed E-state index contributed by atoms with van der Waals surface area (Å²) in [6, 6.07) is 4.97. The molecule has 2 amide bonds. The van der Waals surface area contributed by atoms with Gasteiger partial charge in [0, 0.05) is 37.4 Å². The van der Waals surface area contributed by atoms with Gasteiger partial charge in [-0.2, -0.15) is 5.10 Å². The number of carbonyl (C=O) groups is 2. The van der Waals surface area contributed by atoms with Crippen LogP contribution in [0.1, 0.15) is 71.9 Å². The second kappa shape index (κ2) is 9.72. The van der Waals surface area contributed by atoms with Crippen LogP contribution in [0.4, 0.5) is 4.39 Å². The van der Waals surface area contributed by atoms with Crippen molar-refractivity contribution in [1.29, 1.82) is 0 Å². The van der Waals surface area contributed by atoms with Gasteiger partial charge in [0.05, 0.1) is 12.2 Å². The molecule has 1 aromatic heterocycles. The summed E-state index contributed by atoms with van der Waals surface area (Å²) < 4.78 is 21.3. The number of piperidine rings is 1. The highest BCUT2D eigenvalue weighted by Gasteiger charge is 2.33. The molecule has 0 radical (unpaired) electrons. The Labute approximate surface area is 206 Å². The van der Waals surface area contributed by atoms with Crippen LogP contribution in [0.5, 0.6) is 0 Å². The lowest BCUT2D eigenvalue weighted by Gasteiger charge is -2.35. The SMILES string of the molecule is Cc1ccc(F)cc1C1CCN(C(=O)Cn2nc(C(=O)N3C[C@@H](C)O[C@@H](C)C3)c3c2CCC3)CC1. The summed E-state index contributed by atoms with van der Waals surface area (Å²) >= 11 is 0. The molecule has 188 valence electrons. The number of carbonyl (C=O) groups excluding carboxylic acids is 2. The van der Waals surface area contributed by atoms with Crippen molar-refractivity contribution in [2.45, 2.75) is 77.5 Å². The Morgan fingerprint density at radius 1 is 1.09 bits per heavy atom. The number of hydrogen-bond acceptors (Lipinski definition) is 4. The van der Waals surface area contributed by atoms with Crippen molar-refractivity contribution in [3.63, 3.8) is 0 Å². The lowest BCUT2D eigenvalue weighted by molar-refractivity contribution is -0.133. The molecule has 1 aromatic carbocycles. The van der Waals surface area contributed by atoms with Crippen molar-refractivity contribution in [1.82, 2.24) is 19.6 Å². The predicted molar refractivity (Wildman–Crippen MR) is 130 cm³/mol. The number of benzene rings is 1. The second-order valence-corrected chi connectivity index (χ2v) is 10.4. The van der Waals surface area contributed by atoms with E-state index in [1.54, 1.807) is 10.7 Å². The second-order valence-electron chi connectivity index (χ2n) is 10.4. The molecule has 0 bridgehead atoms. The van der Waals surface area contributed by atoms with Crippen LogP contribution in [0.25, 0.3) is 0 Å². The van der Waals surface area contributed by atoms with Crippen LogP contribution in [0.15, 0.2) is 18.2 Å². The normalized spacial score (nSPS) is 23.0. The van der Waals surface area contributed by atoms with Gasteiger partial charge in [0.15, 0.2) is 5.69 Å². The summed E-state index contributed by atoms with van der Waals surface area (Å²) in [6.07, 6.45) is 4.31. The van der Waals surface area contributed by atoms with Crippen LogP contribution in [-0.2, 0) is 28.9 Å². The van der Waals surface area contributed by atoms with Crippen molar-refractivity contribution in [3.05, 3.63) is 52.1 Å². The Balaban J connectivity index is 1.26. The van der Waals surface area contributed by atoms with E-state index in [-0.39, 0.29) is 42.3 Å². The number of nitrogens with zero attached hydrogens (tertiary/aromatic N) is 4. The third kappa shape index (κ3) is 4.85. The van der Waals surface area contributed by atoms with Crippen LogP contribution in [0, 0.1) is 12.7 Å². The van der Waals surface area contributed by atoms with Gasteiger partial charge in [-0.15, -0.1) is 0 Å². The van der Waals surface area contributed by atoms with Gasteiger partial charge >= 0.3 is 0 Å². The Kier molecular flexibility index (Phi) is 6.66. The first-order chi connectivity index (χ1) is 16.8. The molecule has 0 unspecified atom stereocenters. The highest BCUT2D eigenvalue weighted by Crippen LogP contribution is 2.31. The molecule has 35 heavy (non-hydrogen) atoms. The Hall–Kier alpha value is -2.74. The quantitative estimate of drug-likeness (QED) is 0.669. The smallest absolute Gasteiger partial charge is 0.274 e. The summed E-state index contributed by atoms with van der Waals surface area (Å²) in [6.45, 7) is 8.56. The molecule has 5 rings (SSSR count). The molecule has 0 saturated carbocycles. The predicted octanol–water partition coefficient (Wildman–Crippen LogP) is 3.47. The number of rotatable bonds is 4. The number of ether oxygens (including phenoxy) is 1. The van der Waals surface area contributed by atoms with E-state index in [9.17, 15) is 14.0 Å². The Bertz CT molecular complexity index is 1110. The van der Waals surface area contributed by atoms with Crippen LogP contribution in [-0.4, -0.2) is 69.8 Å². The fraction of sp³-hybridized carbons (Fsp3) is 0.593. The van der Waals surface area contributed by atoms with Gasteiger partial charge in [0.25, 0.3) is 5.91 Å². The molecule has 0 N–H and O–H groups in total. The summed E-state index contributed by atoms with van der Waals surface area (Å²) in [5, 5.41) is 4.67. The molecule has 2 aromatic rings. The van der Waals surface area contributed by atoms with E-state index < -0.39 is 0 Å². The first-order valence-corrected chi connectivity index (χ1v) is 12.9. The minimum atomic E-state index is -0.206. The van der Waals surface area contributed by atoms with Crippen molar-refractivity contribution >= 4 is 11.8 Å². The largest absolute Gasteiger partial charge is 0.372 e. The lowest BCUT2D eigenvalue weighted by Crippen LogP contribution is -2.48. The van der Waals surface area contributed by atoms with Gasteiger partial charge in [-0.3, -0.25) is 14.3 Å². The molecule has 2 fully saturated rings.